The third-order valence-electron chi connectivity index (χ3n) is 4.77. The van der Waals surface area contributed by atoms with Crippen LogP contribution in [0, 0.1) is 5.92 Å². The fourth-order valence-electron chi connectivity index (χ4n) is 3.46. The molecule has 5 rings (SSSR count). The third-order valence-corrected chi connectivity index (χ3v) is 7.71. The van der Waals surface area contributed by atoms with Gasteiger partial charge in [-0.3, -0.25) is 9.20 Å². The van der Waals surface area contributed by atoms with Crippen molar-refractivity contribution in [2.24, 2.45) is 5.92 Å². The molecule has 0 N–H and O–H groups in total. The Bertz CT molecular complexity index is 1180. The lowest BCUT2D eigenvalue weighted by Gasteiger charge is -2.18. The zero-order chi connectivity index (χ0) is 17.7. The van der Waals surface area contributed by atoms with Crippen LogP contribution in [0.25, 0.3) is 15.2 Å². The standard InChI is InChI=1S/C18H16N4OS3/c1-10-2-3-12-13(6-10)26-17-15(12)16(19-9-20-17)25-8-11-7-14(23)22-4-5-24-18(22)21-11/h4-5,7,9-10H,2-3,6,8H2,1H3. The molecule has 0 amide bonds. The largest absolute Gasteiger partial charge is 0.269 e. The molecule has 26 heavy (non-hydrogen) atoms. The Morgan fingerprint density at radius 3 is 3.23 bits per heavy atom. The maximum absolute atomic E-state index is 12.2. The number of hydrogen-bond donors (Lipinski definition) is 0. The Kier molecular flexibility index (Phi) is 4.06. The van der Waals surface area contributed by atoms with Gasteiger partial charge in [-0.15, -0.1) is 22.7 Å². The Labute approximate surface area is 162 Å². The van der Waals surface area contributed by atoms with Crippen molar-refractivity contribution in [3.63, 3.8) is 0 Å². The van der Waals surface area contributed by atoms with Crippen molar-refractivity contribution < 1.29 is 0 Å². The molecule has 0 bridgehead atoms. The number of hydrogen-bond acceptors (Lipinski definition) is 7. The van der Waals surface area contributed by atoms with E-state index >= 15 is 0 Å². The highest BCUT2D eigenvalue weighted by molar-refractivity contribution is 7.98. The SMILES string of the molecule is CC1CCc2c(sc3ncnc(SCc4cc(=O)n5ccsc5n4)c23)C1. The smallest absolute Gasteiger partial charge is 0.258 e. The van der Waals surface area contributed by atoms with Crippen molar-refractivity contribution in [2.45, 2.75) is 37.0 Å². The molecule has 0 radical (unpaired) electrons. The maximum Gasteiger partial charge on any atom is 0.258 e. The lowest BCUT2D eigenvalue weighted by atomic mass is 9.89. The first-order chi connectivity index (χ1) is 12.7. The summed E-state index contributed by atoms with van der Waals surface area (Å²) in [4.78, 5) is 29.1. The van der Waals surface area contributed by atoms with Gasteiger partial charge in [0, 0.05) is 33.7 Å². The Morgan fingerprint density at radius 1 is 1.38 bits per heavy atom. The fraction of sp³-hybridized carbons (Fsp3) is 0.333. The zero-order valence-corrected chi connectivity index (χ0v) is 16.6. The molecule has 0 saturated carbocycles. The number of thiazole rings is 1. The van der Waals surface area contributed by atoms with E-state index in [0.717, 1.165) is 39.3 Å². The van der Waals surface area contributed by atoms with Gasteiger partial charge in [0.2, 0.25) is 0 Å². The van der Waals surface area contributed by atoms with Crippen molar-refractivity contribution in [1.82, 2.24) is 19.4 Å². The molecule has 0 fully saturated rings. The van der Waals surface area contributed by atoms with Crippen molar-refractivity contribution in [2.75, 3.05) is 0 Å². The van der Waals surface area contributed by atoms with Gasteiger partial charge in [0.1, 0.15) is 16.2 Å². The monoisotopic (exact) mass is 400 g/mol. The molecular formula is C18H16N4OS3. The van der Waals surface area contributed by atoms with Crippen molar-refractivity contribution >= 4 is 49.6 Å². The summed E-state index contributed by atoms with van der Waals surface area (Å²) in [6, 6.07) is 1.62. The number of fused-ring (bicyclic) bond motifs is 4. The Morgan fingerprint density at radius 2 is 2.31 bits per heavy atom. The van der Waals surface area contributed by atoms with Gasteiger partial charge in [0.15, 0.2) is 4.96 Å². The summed E-state index contributed by atoms with van der Waals surface area (Å²) in [5, 5.41) is 4.11. The van der Waals surface area contributed by atoms with Crippen LogP contribution in [0.1, 0.15) is 29.5 Å². The van der Waals surface area contributed by atoms with E-state index in [4.69, 9.17) is 0 Å². The summed E-state index contributed by atoms with van der Waals surface area (Å²) in [7, 11) is 0. The van der Waals surface area contributed by atoms with Crippen LogP contribution in [0.15, 0.2) is 33.8 Å². The van der Waals surface area contributed by atoms with Gasteiger partial charge >= 0.3 is 0 Å². The van der Waals surface area contributed by atoms with Crippen LogP contribution in [0.2, 0.25) is 0 Å². The van der Waals surface area contributed by atoms with Gasteiger partial charge in [-0.2, -0.15) is 0 Å². The first kappa shape index (κ1) is 16.4. The molecular weight excluding hydrogens is 384 g/mol. The first-order valence-electron chi connectivity index (χ1n) is 8.53. The van der Waals surface area contributed by atoms with E-state index < -0.39 is 0 Å². The number of aromatic nitrogens is 4. The highest BCUT2D eigenvalue weighted by Crippen LogP contribution is 2.40. The van der Waals surface area contributed by atoms with Gasteiger partial charge < -0.3 is 0 Å². The van der Waals surface area contributed by atoms with E-state index in [2.05, 4.69) is 21.9 Å². The van der Waals surface area contributed by atoms with Crippen LogP contribution in [-0.2, 0) is 18.6 Å². The maximum atomic E-state index is 12.2. The second kappa shape index (κ2) is 6.44. The summed E-state index contributed by atoms with van der Waals surface area (Å²) in [6.07, 6.45) is 6.90. The van der Waals surface area contributed by atoms with Crippen molar-refractivity contribution in [1.29, 1.82) is 0 Å². The van der Waals surface area contributed by atoms with Crippen molar-refractivity contribution in [3.05, 3.63) is 50.5 Å². The lowest BCUT2D eigenvalue weighted by molar-refractivity contribution is 0.509. The topological polar surface area (TPSA) is 60.2 Å². The highest BCUT2D eigenvalue weighted by Gasteiger charge is 2.23. The highest BCUT2D eigenvalue weighted by atomic mass is 32.2. The predicted molar refractivity (Wildman–Crippen MR) is 108 cm³/mol. The van der Waals surface area contributed by atoms with E-state index in [-0.39, 0.29) is 5.56 Å². The molecule has 5 nitrogen and oxygen atoms in total. The van der Waals surface area contributed by atoms with Gasteiger partial charge in [0.05, 0.1) is 5.69 Å². The van der Waals surface area contributed by atoms with Crippen LogP contribution in [0.3, 0.4) is 0 Å². The van der Waals surface area contributed by atoms with Gasteiger partial charge in [0.25, 0.3) is 5.56 Å². The average Bonchev–Trinajstić information content (AvgIpc) is 3.23. The molecule has 8 heteroatoms. The third kappa shape index (κ3) is 2.76. The number of rotatable bonds is 3. The minimum Gasteiger partial charge on any atom is -0.269 e. The van der Waals surface area contributed by atoms with E-state index in [9.17, 15) is 4.79 Å². The van der Waals surface area contributed by atoms with E-state index in [0.29, 0.717) is 5.75 Å². The molecule has 0 aromatic carbocycles. The van der Waals surface area contributed by atoms with Crippen LogP contribution in [0.5, 0.6) is 0 Å². The lowest BCUT2D eigenvalue weighted by Crippen LogP contribution is -2.12. The molecule has 1 aliphatic rings. The number of nitrogens with zero attached hydrogens (tertiary/aromatic N) is 4. The Hall–Kier alpha value is -1.77. The minimum atomic E-state index is -0.0263. The molecule has 4 aromatic rings. The average molecular weight is 401 g/mol. The van der Waals surface area contributed by atoms with Crippen LogP contribution in [0.4, 0.5) is 0 Å². The molecule has 0 aliphatic heterocycles. The van der Waals surface area contributed by atoms with E-state index in [1.807, 2.05) is 16.7 Å². The normalized spacial score (nSPS) is 17.0. The van der Waals surface area contributed by atoms with Crippen LogP contribution >= 0.6 is 34.4 Å². The molecule has 1 aliphatic carbocycles. The minimum absolute atomic E-state index is 0.0263. The first-order valence-corrected chi connectivity index (χ1v) is 11.2. The predicted octanol–water partition coefficient (Wildman–Crippen LogP) is 4.18. The van der Waals surface area contributed by atoms with Crippen molar-refractivity contribution in [3.8, 4) is 0 Å². The summed E-state index contributed by atoms with van der Waals surface area (Å²) in [5.41, 5.74) is 2.21. The summed E-state index contributed by atoms with van der Waals surface area (Å²) in [5.74, 6) is 1.38. The molecule has 132 valence electrons. The second-order valence-electron chi connectivity index (χ2n) is 6.64. The van der Waals surface area contributed by atoms with Gasteiger partial charge in [-0.1, -0.05) is 18.7 Å². The summed E-state index contributed by atoms with van der Waals surface area (Å²) in [6.45, 7) is 2.32. The molecule has 1 unspecified atom stereocenters. The quantitative estimate of drug-likeness (QED) is 0.381. The number of aryl methyl sites for hydroxylation is 1. The van der Waals surface area contributed by atoms with Gasteiger partial charge in [-0.05, 0) is 30.7 Å². The molecule has 4 aromatic heterocycles. The molecule has 4 heterocycles. The Balaban J connectivity index is 1.50. The number of thiophene rings is 1. The molecule has 0 saturated heterocycles. The van der Waals surface area contributed by atoms with Gasteiger partial charge in [-0.25, -0.2) is 15.0 Å². The van der Waals surface area contributed by atoms with Crippen LogP contribution < -0.4 is 5.56 Å². The number of thioether (sulfide) groups is 1. The fourth-order valence-corrected chi connectivity index (χ4v) is 6.53. The molecule has 1 atom stereocenters. The van der Waals surface area contributed by atoms with E-state index in [1.54, 1.807) is 34.8 Å². The van der Waals surface area contributed by atoms with E-state index in [1.165, 1.54) is 33.6 Å². The summed E-state index contributed by atoms with van der Waals surface area (Å²) >= 11 is 4.94. The molecule has 0 spiro atoms. The summed E-state index contributed by atoms with van der Waals surface area (Å²) < 4.78 is 1.58. The zero-order valence-electron chi connectivity index (χ0n) is 14.1. The second-order valence-corrected chi connectivity index (χ2v) is 9.56. The van der Waals surface area contributed by atoms with Crippen LogP contribution in [-0.4, -0.2) is 19.4 Å².